The first kappa shape index (κ1) is 17.8. The van der Waals surface area contributed by atoms with Crippen molar-refractivity contribution in [3.05, 3.63) is 51.4 Å². The average molecular weight is 475 g/mol. The second kappa shape index (κ2) is 6.88. The molecule has 2 aromatic carbocycles. The maximum atomic E-state index is 12.6. The number of amides is 1. The first-order chi connectivity index (χ1) is 13.0. The fourth-order valence-corrected chi connectivity index (χ4v) is 3.56. The molecule has 0 fully saturated rings. The van der Waals surface area contributed by atoms with E-state index in [1.165, 1.54) is 0 Å². The first-order valence-corrected chi connectivity index (χ1v) is 9.54. The number of aromatic nitrogens is 2. The van der Waals surface area contributed by atoms with Crippen LogP contribution in [0.4, 0.5) is 5.69 Å². The molecule has 0 unspecified atom stereocenters. The van der Waals surface area contributed by atoms with Gasteiger partial charge in [0, 0.05) is 22.5 Å². The van der Waals surface area contributed by atoms with Gasteiger partial charge in [-0.2, -0.15) is 5.10 Å². The summed E-state index contributed by atoms with van der Waals surface area (Å²) in [6.07, 6.45) is 0. The van der Waals surface area contributed by atoms with E-state index in [1.807, 2.05) is 44.2 Å². The van der Waals surface area contributed by atoms with Gasteiger partial charge in [0.2, 0.25) is 5.91 Å². The number of furan rings is 1. The number of ether oxygens (including phenoxy) is 1. The number of rotatable bonds is 4. The lowest BCUT2D eigenvalue weighted by atomic mass is 10.1. The molecule has 0 spiro atoms. The van der Waals surface area contributed by atoms with Crippen molar-refractivity contribution >= 4 is 56.1 Å². The SMILES string of the molecule is COc1cc2c(cc1NC(=O)Cn1nc(C)c(I)c1C)oc1ccccc12. The Labute approximate surface area is 169 Å². The fourth-order valence-electron chi connectivity index (χ4n) is 3.17. The Bertz CT molecular complexity index is 1180. The van der Waals surface area contributed by atoms with Crippen LogP contribution in [0.2, 0.25) is 0 Å². The number of anilines is 1. The van der Waals surface area contributed by atoms with Crippen LogP contribution in [0.15, 0.2) is 40.8 Å². The molecule has 0 saturated carbocycles. The Balaban J connectivity index is 1.67. The second-order valence-corrected chi connectivity index (χ2v) is 7.42. The van der Waals surface area contributed by atoms with Gasteiger partial charge in [0.15, 0.2) is 0 Å². The molecule has 2 heterocycles. The van der Waals surface area contributed by atoms with Gasteiger partial charge in [-0.3, -0.25) is 9.48 Å². The highest BCUT2D eigenvalue weighted by Crippen LogP contribution is 2.36. The van der Waals surface area contributed by atoms with Crippen molar-refractivity contribution in [3.63, 3.8) is 0 Å². The summed E-state index contributed by atoms with van der Waals surface area (Å²) in [5, 5.41) is 9.29. The molecule has 0 radical (unpaired) electrons. The van der Waals surface area contributed by atoms with Gasteiger partial charge in [0.05, 0.1) is 22.1 Å². The molecule has 4 rings (SSSR count). The van der Waals surface area contributed by atoms with Crippen LogP contribution in [-0.2, 0) is 11.3 Å². The van der Waals surface area contributed by atoms with E-state index in [1.54, 1.807) is 17.9 Å². The molecule has 138 valence electrons. The Morgan fingerprint density at radius 2 is 2.00 bits per heavy atom. The summed E-state index contributed by atoms with van der Waals surface area (Å²) in [4.78, 5) is 12.6. The molecule has 0 aliphatic carbocycles. The molecular formula is C20H18IN3O3. The van der Waals surface area contributed by atoms with E-state index in [9.17, 15) is 4.79 Å². The van der Waals surface area contributed by atoms with E-state index in [0.717, 1.165) is 31.3 Å². The minimum Gasteiger partial charge on any atom is -0.495 e. The highest BCUT2D eigenvalue weighted by molar-refractivity contribution is 14.1. The van der Waals surface area contributed by atoms with E-state index < -0.39 is 0 Å². The molecule has 0 aliphatic rings. The molecule has 0 atom stereocenters. The summed E-state index contributed by atoms with van der Waals surface area (Å²) in [6.45, 7) is 4.02. The molecule has 4 aromatic rings. The van der Waals surface area contributed by atoms with Gasteiger partial charge in [-0.1, -0.05) is 18.2 Å². The number of carbonyl (C=O) groups excluding carboxylic acids is 1. The third kappa shape index (κ3) is 3.16. The molecule has 6 nitrogen and oxygen atoms in total. The minimum atomic E-state index is -0.175. The summed E-state index contributed by atoms with van der Waals surface area (Å²) in [5.41, 5.74) is 3.97. The molecule has 2 aromatic heterocycles. The number of carbonyl (C=O) groups is 1. The van der Waals surface area contributed by atoms with Gasteiger partial charge in [-0.25, -0.2) is 0 Å². The minimum absolute atomic E-state index is 0.136. The van der Waals surface area contributed by atoms with Crippen molar-refractivity contribution in [2.24, 2.45) is 0 Å². The van der Waals surface area contributed by atoms with Crippen LogP contribution in [0.3, 0.4) is 0 Å². The molecule has 0 saturated heterocycles. The number of para-hydroxylation sites is 1. The van der Waals surface area contributed by atoms with Crippen molar-refractivity contribution in [2.45, 2.75) is 20.4 Å². The predicted octanol–water partition coefficient (Wildman–Crippen LogP) is 4.65. The zero-order valence-corrected chi connectivity index (χ0v) is 17.3. The Morgan fingerprint density at radius 3 is 2.70 bits per heavy atom. The number of hydrogen-bond donors (Lipinski definition) is 1. The quantitative estimate of drug-likeness (QED) is 0.437. The number of halogens is 1. The smallest absolute Gasteiger partial charge is 0.246 e. The second-order valence-electron chi connectivity index (χ2n) is 6.34. The predicted molar refractivity (Wildman–Crippen MR) is 113 cm³/mol. The highest BCUT2D eigenvalue weighted by atomic mass is 127. The first-order valence-electron chi connectivity index (χ1n) is 8.46. The summed E-state index contributed by atoms with van der Waals surface area (Å²) in [5.74, 6) is 0.413. The van der Waals surface area contributed by atoms with Crippen LogP contribution in [0.1, 0.15) is 11.4 Å². The standard InChI is InChI=1S/C20H18IN3O3/c1-11-20(21)12(2)24(23-11)10-19(25)22-15-9-17-14(8-18(15)26-3)13-6-4-5-7-16(13)27-17/h4-9H,10H2,1-3H3,(H,22,25). The van der Waals surface area contributed by atoms with Gasteiger partial charge in [-0.05, 0) is 48.6 Å². The van der Waals surface area contributed by atoms with E-state index in [4.69, 9.17) is 9.15 Å². The third-order valence-electron chi connectivity index (χ3n) is 4.56. The van der Waals surface area contributed by atoms with E-state index in [0.29, 0.717) is 17.0 Å². The van der Waals surface area contributed by atoms with E-state index in [2.05, 4.69) is 33.0 Å². The van der Waals surface area contributed by atoms with Crippen LogP contribution in [-0.4, -0.2) is 22.8 Å². The van der Waals surface area contributed by atoms with Gasteiger partial charge < -0.3 is 14.5 Å². The lowest BCUT2D eigenvalue weighted by molar-refractivity contribution is -0.116. The zero-order chi connectivity index (χ0) is 19.1. The molecule has 1 amide bonds. The summed E-state index contributed by atoms with van der Waals surface area (Å²) in [6, 6.07) is 11.5. The fraction of sp³-hybridized carbons (Fsp3) is 0.200. The number of fused-ring (bicyclic) bond motifs is 3. The maximum Gasteiger partial charge on any atom is 0.246 e. The zero-order valence-electron chi connectivity index (χ0n) is 15.2. The number of hydrogen-bond acceptors (Lipinski definition) is 4. The van der Waals surface area contributed by atoms with Crippen molar-refractivity contribution in [3.8, 4) is 5.75 Å². The molecule has 1 N–H and O–H groups in total. The van der Waals surface area contributed by atoms with Crippen molar-refractivity contribution in [1.29, 1.82) is 0 Å². The monoisotopic (exact) mass is 475 g/mol. The highest BCUT2D eigenvalue weighted by Gasteiger charge is 2.16. The molecular weight excluding hydrogens is 457 g/mol. The van der Waals surface area contributed by atoms with Crippen LogP contribution in [0.25, 0.3) is 21.9 Å². The lowest BCUT2D eigenvalue weighted by Crippen LogP contribution is -2.20. The summed E-state index contributed by atoms with van der Waals surface area (Å²) >= 11 is 2.24. The number of benzene rings is 2. The van der Waals surface area contributed by atoms with Crippen molar-refractivity contribution in [2.75, 3.05) is 12.4 Å². The van der Waals surface area contributed by atoms with Gasteiger partial charge in [-0.15, -0.1) is 0 Å². The van der Waals surface area contributed by atoms with Crippen LogP contribution in [0, 0.1) is 17.4 Å². The van der Waals surface area contributed by atoms with Gasteiger partial charge >= 0.3 is 0 Å². The molecule has 0 aliphatic heterocycles. The number of nitrogens with one attached hydrogen (secondary N) is 1. The third-order valence-corrected chi connectivity index (χ3v) is 6.12. The molecule has 0 bridgehead atoms. The summed E-state index contributed by atoms with van der Waals surface area (Å²) < 4.78 is 14.2. The largest absolute Gasteiger partial charge is 0.495 e. The van der Waals surface area contributed by atoms with Gasteiger partial charge in [0.25, 0.3) is 0 Å². The molecule has 7 heteroatoms. The topological polar surface area (TPSA) is 69.3 Å². The van der Waals surface area contributed by atoms with E-state index in [-0.39, 0.29) is 12.5 Å². The van der Waals surface area contributed by atoms with E-state index >= 15 is 0 Å². The molecule has 27 heavy (non-hydrogen) atoms. The van der Waals surface area contributed by atoms with Crippen molar-refractivity contribution < 1.29 is 13.9 Å². The Kier molecular flexibility index (Phi) is 4.55. The number of methoxy groups -OCH3 is 1. The summed E-state index contributed by atoms with van der Waals surface area (Å²) in [7, 11) is 1.59. The maximum absolute atomic E-state index is 12.6. The normalized spacial score (nSPS) is 11.3. The Morgan fingerprint density at radius 1 is 1.22 bits per heavy atom. The lowest BCUT2D eigenvalue weighted by Gasteiger charge is -2.11. The van der Waals surface area contributed by atoms with Crippen LogP contribution >= 0.6 is 22.6 Å². The average Bonchev–Trinajstić information content (AvgIpc) is 3.13. The Hall–Kier alpha value is -2.55. The van der Waals surface area contributed by atoms with Crippen molar-refractivity contribution in [1.82, 2.24) is 9.78 Å². The number of aryl methyl sites for hydroxylation is 1. The van der Waals surface area contributed by atoms with Crippen LogP contribution < -0.4 is 10.1 Å². The van der Waals surface area contributed by atoms with Crippen LogP contribution in [0.5, 0.6) is 5.75 Å². The van der Waals surface area contributed by atoms with Gasteiger partial charge in [0.1, 0.15) is 23.5 Å². The number of nitrogens with zero attached hydrogens (tertiary/aromatic N) is 2.